The van der Waals surface area contributed by atoms with Crippen LogP contribution < -0.4 is 0 Å². The van der Waals surface area contributed by atoms with Crippen LogP contribution in [0.2, 0.25) is 0 Å². The summed E-state index contributed by atoms with van der Waals surface area (Å²) in [6, 6.07) is 6.39. The standard InChI is InChI=1S/C19H16F4N2S/c1-12(3-4-13(2)16-7-8-24-11-25-16)14-5-6-15-10-18(20,21)19(22,23)26-17(15)9-14/h5-9,11H,1-4,10H2. The van der Waals surface area contributed by atoms with E-state index in [0.717, 1.165) is 16.8 Å². The summed E-state index contributed by atoms with van der Waals surface area (Å²) in [5.41, 5.74) is 3.16. The second-order valence-electron chi connectivity index (χ2n) is 6.12. The van der Waals surface area contributed by atoms with Gasteiger partial charge < -0.3 is 0 Å². The van der Waals surface area contributed by atoms with Gasteiger partial charge in [-0.25, -0.2) is 9.97 Å². The SMILES string of the molecule is C=C(CCC(=C)c1ccncn1)c1ccc2c(c1)SC(F)(F)C(F)(F)C2. The van der Waals surface area contributed by atoms with Crippen LogP contribution in [0.4, 0.5) is 17.6 Å². The molecule has 0 saturated heterocycles. The van der Waals surface area contributed by atoms with Gasteiger partial charge in [-0.3, -0.25) is 0 Å². The zero-order valence-electron chi connectivity index (χ0n) is 13.8. The van der Waals surface area contributed by atoms with Crippen LogP contribution in [-0.4, -0.2) is 21.1 Å². The summed E-state index contributed by atoms with van der Waals surface area (Å²) in [4.78, 5) is 8.14. The lowest BCUT2D eigenvalue weighted by Gasteiger charge is -2.31. The Morgan fingerprint density at radius 3 is 2.50 bits per heavy atom. The Balaban J connectivity index is 1.71. The highest BCUT2D eigenvalue weighted by Gasteiger charge is 2.59. The van der Waals surface area contributed by atoms with Crippen LogP contribution >= 0.6 is 11.8 Å². The average Bonchev–Trinajstić information content (AvgIpc) is 2.60. The largest absolute Gasteiger partial charge is 0.360 e. The van der Waals surface area contributed by atoms with Crippen molar-refractivity contribution in [3.63, 3.8) is 0 Å². The lowest BCUT2D eigenvalue weighted by molar-refractivity contribution is -0.153. The smallest absolute Gasteiger partial charge is 0.245 e. The minimum atomic E-state index is -4.11. The van der Waals surface area contributed by atoms with Crippen LogP contribution in [-0.2, 0) is 6.42 Å². The Morgan fingerprint density at radius 1 is 1.08 bits per heavy atom. The number of halogens is 4. The molecule has 1 aromatic heterocycles. The van der Waals surface area contributed by atoms with E-state index in [9.17, 15) is 17.6 Å². The van der Waals surface area contributed by atoms with E-state index in [2.05, 4.69) is 23.1 Å². The molecule has 0 unspecified atom stereocenters. The van der Waals surface area contributed by atoms with Crippen LogP contribution in [0.3, 0.4) is 0 Å². The zero-order valence-corrected chi connectivity index (χ0v) is 14.6. The summed E-state index contributed by atoms with van der Waals surface area (Å²) in [6.45, 7) is 7.96. The fourth-order valence-electron chi connectivity index (χ4n) is 2.64. The summed E-state index contributed by atoms with van der Waals surface area (Å²) in [6.07, 6.45) is 3.25. The summed E-state index contributed by atoms with van der Waals surface area (Å²) in [5, 5.41) is -4.11. The van der Waals surface area contributed by atoms with Gasteiger partial charge in [-0.2, -0.15) is 17.6 Å². The number of thioether (sulfide) groups is 1. The molecule has 3 rings (SSSR count). The molecule has 0 amide bonds. The molecule has 2 aromatic rings. The number of rotatable bonds is 5. The highest BCUT2D eigenvalue weighted by Crippen LogP contribution is 2.53. The number of hydrogen-bond donors (Lipinski definition) is 0. The van der Waals surface area contributed by atoms with Crippen molar-refractivity contribution in [1.29, 1.82) is 0 Å². The van der Waals surface area contributed by atoms with Gasteiger partial charge in [0.05, 0.1) is 5.69 Å². The molecule has 0 bridgehead atoms. The number of allylic oxidation sites excluding steroid dienone is 2. The lowest BCUT2D eigenvalue weighted by atomic mass is 9.97. The average molecular weight is 380 g/mol. The highest BCUT2D eigenvalue weighted by atomic mass is 32.2. The lowest BCUT2D eigenvalue weighted by Crippen LogP contribution is -2.42. The first-order chi connectivity index (χ1) is 12.2. The third-order valence-electron chi connectivity index (χ3n) is 4.22. The van der Waals surface area contributed by atoms with E-state index in [0.29, 0.717) is 18.4 Å². The summed E-state index contributed by atoms with van der Waals surface area (Å²) in [7, 11) is 0. The Hall–Kier alpha value is -2.15. The van der Waals surface area contributed by atoms with Gasteiger partial charge in [0, 0.05) is 17.5 Å². The van der Waals surface area contributed by atoms with Gasteiger partial charge in [-0.15, -0.1) is 0 Å². The number of nitrogens with zero attached hydrogens (tertiary/aromatic N) is 2. The van der Waals surface area contributed by atoms with Crippen LogP contribution in [0.1, 0.15) is 29.7 Å². The van der Waals surface area contributed by atoms with E-state index < -0.39 is 17.6 Å². The third kappa shape index (κ3) is 3.67. The Morgan fingerprint density at radius 2 is 1.81 bits per heavy atom. The van der Waals surface area contributed by atoms with E-state index in [1.165, 1.54) is 18.5 Å². The molecule has 0 atom stereocenters. The quantitative estimate of drug-likeness (QED) is 0.608. The molecular formula is C19H16F4N2S. The van der Waals surface area contributed by atoms with Gasteiger partial charge in [0.15, 0.2) is 0 Å². The Labute approximate surface area is 153 Å². The molecule has 2 heterocycles. The molecular weight excluding hydrogens is 364 g/mol. The van der Waals surface area contributed by atoms with Crippen LogP contribution in [0.5, 0.6) is 0 Å². The molecule has 0 radical (unpaired) electrons. The molecule has 26 heavy (non-hydrogen) atoms. The topological polar surface area (TPSA) is 25.8 Å². The van der Waals surface area contributed by atoms with Crippen LogP contribution in [0.15, 0.2) is 54.8 Å². The summed E-state index contributed by atoms with van der Waals surface area (Å²) < 4.78 is 54.2. The molecule has 7 heteroatoms. The van der Waals surface area contributed by atoms with Crippen molar-refractivity contribution in [3.8, 4) is 0 Å². The van der Waals surface area contributed by atoms with Gasteiger partial charge >= 0.3 is 11.2 Å². The molecule has 136 valence electrons. The molecule has 2 nitrogen and oxygen atoms in total. The summed E-state index contributed by atoms with van der Waals surface area (Å²) in [5.74, 6) is -4.04. The predicted molar refractivity (Wildman–Crippen MR) is 95.2 cm³/mol. The van der Waals surface area contributed by atoms with Crippen molar-refractivity contribution in [2.45, 2.75) is 35.3 Å². The fraction of sp³-hybridized carbons (Fsp3) is 0.263. The maximum Gasteiger partial charge on any atom is 0.360 e. The second-order valence-corrected chi connectivity index (χ2v) is 7.28. The van der Waals surface area contributed by atoms with Gasteiger partial charge in [0.2, 0.25) is 0 Å². The van der Waals surface area contributed by atoms with Gasteiger partial charge in [-0.1, -0.05) is 25.3 Å². The van der Waals surface area contributed by atoms with Crippen LogP contribution in [0, 0.1) is 0 Å². The van der Waals surface area contributed by atoms with Gasteiger partial charge in [0.1, 0.15) is 6.33 Å². The number of benzene rings is 1. The number of hydrogen-bond acceptors (Lipinski definition) is 3. The zero-order chi connectivity index (χ0) is 18.9. The first-order valence-corrected chi connectivity index (χ1v) is 8.71. The second kappa shape index (κ2) is 6.87. The Kier molecular flexibility index (Phi) is 4.92. The number of aromatic nitrogens is 2. The third-order valence-corrected chi connectivity index (χ3v) is 5.38. The van der Waals surface area contributed by atoms with E-state index in [1.54, 1.807) is 18.3 Å². The predicted octanol–water partition coefficient (Wildman–Crippen LogP) is 5.86. The Bertz CT molecular complexity index is 850. The maximum absolute atomic E-state index is 13.6. The fourth-order valence-corrected chi connectivity index (χ4v) is 3.60. The van der Waals surface area contributed by atoms with Crippen molar-refractivity contribution in [2.24, 2.45) is 0 Å². The molecule has 1 aliphatic rings. The van der Waals surface area contributed by atoms with E-state index in [-0.39, 0.29) is 22.2 Å². The van der Waals surface area contributed by atoms with E-state index >= 15 is 0 Å². The first kappa shape index (κ1) is 18.6. The summed E-state index contributed by atoms with van der Waals surface area (Å²) >= 11 is -0.0850. The normalized spacial score (nSPS) is 17.4. The molecule has 1 aliphatic heterocycles. The van der Waals surface area contributed by atoms with Gasteiger partial charge in [-0.05, 0) is 59.0 Å². The van der Waals surface area contributed by atoms with Crippen molar-refractivity contribution in [2.75, 3.05) is 0 Å². The van der Waals surface area contributed by atoms with Crippen molar-refractivity contribution in [1.82, 2.24) is 9.97 Å². The highest BCUT2D eigenvalue weighted by molar-refractivity contribution is 8.00. The molecule has 1 aromatic carbocycles. The molecule has 0 aliphatic carbocycles. The van der Waals surface area contributed by atoms with E-state index in [1.807, 2.05) is 0 Å². The monoisotopic (exact) mass is 380 g/mol. The van der Waals surface area contributed by atoms with Crippen molar-refractivity contribution < 1.29 is 17.6 Å². The number of alkyl halides is 4. The number of fused-ring (bicyclic) bond motifs is 1. The molecule has 0 saturated carbocycles. The van der Waals surface area contributed by atoms with Gasteiger partial charge in [0.25, 0.3) is 0 Å². The van der Waals surface area contributed by atoms with Crippen molar-refractivity contribution in [3.05, 3.63) is 66.8 Å². The molecule has 0 N–H and O–H groups in total. The molecule has 0 fully saturated rings. The first-order valence-electron chi connectivity index (χ1n) is 7.89. The minimum Gasteiger partial charge on any atom is -0.245 e. The maximum atomic E-state index is 13.6. The van der Waals surface area contributed by atoms with Crippen LogP contribution in [0.25, 0.3) is 11.1 Å². The molecule has 0 spiro atoms. The van der Waals surface area contributed by atoms with Crippen molar-refractivity contribution >= 4 is 22.9 Å². The minimum absolute atomic E-state index is 0.0850. The van der Waals surface area contributed by atoms with E-state index in [4.69, 9.17) is 0 Å².